The molecule has 0 radical (unpaired) electrons. The highest BCUT2D eigenvalue weighted by Crippen LogP contribution is 2.26. The van der Waals surface area contributed by atoms with Gasteiger partial charge in [-0.1, -0.05) is 34.5 Å². The van der Waals surface area contributed by atoms with Gasteiger partial charge in [-0.25, -0.2) is 0 Å². The van der Waals surface area contributed by atoms with Gasteiger partial charge < -0.3 is 4.90 Å². The lowest BCUT2D eigenvalue weighted by atomic mass is 9.94. The molecule has 19 heavy (non-hydrogen) atoms. The van der Waals surface area contributed by atoms with Crippen LogP contribution in [-0.4, -0.2) is 28.7 Å². The van der Waals surface area contributed by atoms with E-state index < -0.39 is 0 Å². The van der Waals surface area contributed by atoms with Crippen LogP contribution in [0.3, 0.4) is 0 Å². The van der Waals surface area contributed by atoms with E-state index in [1.54, 1.807) is 6.07 Å². The second-order valence-electron chi connectivity index (χ2n) is 4.94. The topological polar surface area (TPSA) is 20.3 Å². The molecule has 1 aliphatic rings. The van der Waals surface area contributed by atoms with Crippen molar-refractivity contribution in [1.29, 1.82) is 0 Å². The van der Waals surface area contributed by atoms with Crippen LogP contribution in [0.5, 0.6) is 0 Å². The first kappa shape index (κ1) is 15.6. The van der Waals surface area contributed by atoms with Crippen molar-refractivity contribution in [1.82, 2.24) is 4.90 Å². The van der Waals surface area contributed by atoms with Crippen LogP contribution in [0.25, 0.3) is 0 Å². The molecule has 1 unspecified atom stereocenters. The Morgan fingerprint density at radius 3 is 2.63 bits per heavy atom. The van der Waals surface area contributed by atoms with Crippen molar-refractivity contribution in [2.45, 2.75) is 24.6 Å². The Kier molecular flexibility index (Phi) is 5.55. The predicted molar refractivity (Wildman–Crippen MR) is 91.2 cm³/mol. The summed E-state index contributed by atoms with van der Waals surface area (Å²) < 4.78 is 0.975. The van der Waals surface area contributed by atoms with Crippen molar-refractivity contribution in [3.05, 3.63) is 32.4 Å². The Hall–Kier alpha value is 0.190. The zero-order chi connectivity index (χ0) is 14.0. The van der Waals surface area contributed by atoms with E-state index in [2.05, 4.69) is 45.4 Å². The second-order valence-corrected chi connectivity index (χ2v) is 7.95. The van der Waals surface area contributed by atoms with Crippen molar-refractivity contribution in [2.75, 3.05) is 13.1 Å². The monoisotopic (exact) mass is 455 g/mol. The average molecular weight is 457 g/mol. The molecule has 1 atom stereocenters. The van der Waals surface area contributed by atoms with Crippen LogP contribution in [0, 0.1) is 9.49 Å². The minimum absolute atomic E-state index is 0.0963. The summed E-state index contributed by atoms with van der Waals surface area (Å²) in [7, 11) is 0. The molecule has 1 aromatic rings. The number of halogens is 3. The SMILES string of the molecule is CC(Br)C1CCN(C(=O)c2ccc(I)c(Cl)c2)CC1. The maximum absolute atomic E-state index is 12.4. The van der Waals surface area contributed by atoms with Crippen molar-refractivity contribution in [3.8, 4) is 0 Å². The van der Waals surface area contributed by atoms with Crippen LogP contribution in [0.1, 0.15) is 30.1 Å². The molecule has 1 amide bonds. The summed E-state index contributed by atoms with van der Waals surface area (Å²) >= 11 is 11.9. The molecule has 0 N–H and O–H groups in total. The highest BCUT2D eigenvalue weighted by Gasteiger charge is 2.25. The molecule has 1 aliphatic heterocycles. The summed E-state index contributed by atoms with van der Waals surface area (Å²) in [5.41, 5.74) is 0.691. The zero-order valence-electron chi connectivity index (χ0n) is 10.7. The van der Waals surface area contributed by atoms with Gasteiger partial charge in [0.2, 0.25) is 0 Å². The molecule has 5 heteroatoms. The van der Waals surface area contributed by atoms with Gasteiger partial charge in [0, 0.05) is 27.1 Å². The van der Waals surface area contributed by atoms with E-state index in [4.69, 9.17) is 11.6 Å². The molecule has 1 aromatic carbocycles. The third-order valence-electron chi connectivity index (χ3n) is 3.64. The molecule has 0 spiro atoms. The Morgan fingerprint density at radius 1 is 1.47 bits per heavy atom. The number of piperidine rings is 1. The quantitative estimate of drug-likeness (QED) is 0.471. The lowest BCUT2D eigenvalue weighted by Crippen LogP contribution is -2.39. The van der Waals surface area contributed by atoms with Crippen LogP contribution in [0.4, 0.5) is 0 Å². The molecule has 2 rings (SSSR count). The molecule has 104 valence electrons. The number of likely N-dealkylation sites (tertiary alicyclic amines) is 1. The molecular weight excluding hydrogens is 440 g/mol. The van der Waals surface area contributed by atoms with E-state index in [1.165, 1.54) is 0 Å². The summed E-state index contributed by atoms with van der Waals surface area (Å²) in [6, 6.07) is 5.52. The summed E-state index contributed by atoms with van der Waals surface area (Å²) in [6.45, 7) is 3.85. The maximum Gasteiger partial charge on any atom is 0.253 e. The summed E-state index contributed by atoms with van der Waals surface area (Å²) in [5, 5.41) is 0.649. The van der Waals surface area contributed by atoms with Gasteiger partial charge in [0.05, 0.1) is 5.02 Å². The van der Waals surface area contributed by atoms with E-state index in [1.807, 2.05) is 17.0 Å². The fraction of sp³-hybridized carbons (Fsp3) is 0.500. The van der Waals surface area contributed by atoms with Crippen LogP contribution < -0.4 is 0 Å². The largest absolute Gasteiger partial charge is 0.339 e. The van der Waals surface area contributed by atoms with Crippen molar-refractivity contribution < 1.29 is 4.79 Å². The van der Waals surface area contributed by atoms with E-state index >= 15 is 0 Å². The number of hydrogen-bond acceptors (Lipinski definition) is 1. The van der Waals surface area contributed by atoms with Crippen molar-refractivity contribution in [3.63, 3.8) is 0 Å². The molecule has 0 saturated carbocycles. The van der Waals surface area contributed by atoms with E-state index in [9.17, 15) is 4.79 Å². The Bertz CT molecular complexity index is 473. The second kappa shape index (κ2) is 6.76. The standard InChI is InChI=1S/C14H16BrClINO/c1-9(15)10-4-6-18(7-5-10)14(19)11-2-3-13(17)12(16)8-11/h2-3,8-10H,4-7H2,1H3. The number of carbonyl (C=O) groups is 1. The zero-order valence-corrected chi connectivity index (χ0v) is 15.2. The summed E-state index contributed by atoms with van der Waals surface area (Å²) in [6.07, 6.45) is 2.13. The van der Waals surface area contributed by atoms with Gasteiger partial charge >= 0.3 is 0 Å². The van der Waals surface area contributed by atoms with Crippen molar-refractivity contribution >= 4 is 56.0 Å². The van der Waals surface area contributed by atoms with E-state index in [0.29, 0.717) is 21.3 Å². The fourth-order valence-electron chi connectivity index (χ4n) is 2.37. The average Bonchev–Trinajstić information content (AvgIpc) is 2.41. The minimum atomic E-state index is 0.0963. The smallest absolute Gasteiger partial charge is 0.253 e. The van der Waals surface area contributed by atoms with E-state index in [-0.39, 0.29) is 5.91 Å². The molecule has 0 aliphatic carbocycles. The fourth-order valence-corrected chi connectivity index (χ4v) is 3.42. The number of amides is 1. The molecular formula is C14H16BrClINO. The Balaban J connectivity index is 2.03. The molecule has 2 nitrogen and oxygen atoms in total. The first-order valence-corrected chi connectivity index (χ1v) is 8.74. The summed E-state index contributed by atoms with van der Waals surface area (Å²) in [5.74, 6) is 0.767. The van der Waals surface area contributed by atoms with Crippen LogP contribution in [0.2, 0.25) is 5.02 Å². The molecule has 1 heterocycles. The number of nitrogens with zero attached hydrogens (tertiary/aromatic N) is 1. The lowest BCUT2D eigenvalue weighted by molar-refractivity contribution is 0.0691. The first-order valence-electron chi connectivity index (χ1n) is 6.37. The van der Waals surface area contributed by atoms with Gasteiger partial charge in [0.25, 0.3) is 5.91 Å². The predicted octanol–water partition coefficient (Wildman–Crippen LogP) is 4.58. The van der Waals surface area contributed by atoms with Gasteiger partial charge in [-0.15, -0.1) is 0 Å². The Morgan fingerprint density at radius 2 is 2.11 bits per heavy atom. The number of rotatable bonds is 2. The van der Waals surface area contributed by atoms with Gasteiger partial charge in [0.15, 0.2) is 0 Å². The van der Waals surface area contributed by atoms with Crippen LogP contribution in [0.15, 0.2) is 18.2 Å². The van der Waals surface area contributed by atoms with Gasteiger partial charge in [-0.3, -0.25) is 4.79 Å². The number of hydrogen-bond donors (Lipinski definition) is 0. The highest BCUT2D eigenvalue weighted by atomic mass is 127. The lowest BCUT2D eigenvalue weighted by Gasteiger charge is -2.33. The first-order chi connectivity index (χ1) is 8.99. The summed E-state index contributed by atoms with van der Waals surface area (Å²) in [4.78, 5) is 14.9. The van der Waals surface area contributed by atoms with Gasteiger partial charge in [-0.05, 0) is 59.5 Å². The molecule has 1 fully saturated rings. The number of alkyl halides is 1. The third kappa shape index (κ3) is 3.85. The van der Waals surface area contributed by atoms with Crippen LogP contribution >= 0.6 is 50.1 Å². The number of carbonyl (C=O) groups excluding carboxylic acids is 1. The molecule has 0 bridgehead atoms. The van der Waals surface area contributed by atoms with Crippen molar-refractivity contribution in [2.24, 2.45) is 5.92 Å². The minimum Gasteiger partial charge on any atom is -0.339 e. The maximum atomic E-state index is 12.4. The van der Waals surface area contributed by atoms with Gasteiger partial charge in [0.1, 0.15) is 0 Å². The van der Waals surface area contributed by atoms with E-state index in [0.717, 1.165) is 29.5 Å². The third-order valence-corrected chi connectivity index (χ3v) is 5.96. The molecule has 1 saturated heterocycles. The highest BCUT2D eigenvalue weighted by molar-refractivity contribution is 14.1. The van der Waals surface area contributed by atoms with Crippen LogP contribution in [-0.2, 0) is 0 Å². The normalized spacial score (nSPS) is 18.4. The Labute approximate surface area is 141 Å². The number of benzene rings is 1. The van der Waals surface area contributed by atoms with Gasteiger partial charge in [-0.2, -0.15) is 0 Å². The molecule has 0 aromatic heterocycles.